The van der Waals surface area contributed by atoms with Crippen LogP contribution in [0.25, 0.3) is 32.3 Å². The van der Waals surface area contributed by atoms with Crippen molar-refractivity contribution in [2.75, 3.05) is 0 Å². The molecule has 0 radical (unpaired) electrons. The number of fused-ring (bicyclic) bond motifs is 6. The van der Waals surface area contributed by atoms with Gasteiger partial charge in [0.25, 0.3) is 22.2 Å². The Hall–Kier alpha value is -4.58. The van der Waals surface area contributed by atoms with E-state index >= 15 is 0 Å². The molecule has 0 N–H and O–H groups in total. The van der Waals surface area contributed by atoms with Gasteiger partial charge in [0.2, 0.25) is 0 Å². The largest absolute Gasteiger partial charge is 0.274 e. The summed E-state index contributed by atoms with van der Waals surface area (Å²) >= 11 is 0. The molecule has 0 fully saturated rings. The standard InChI is InChI=1S/C32H26N2O4/c35-29-23-15-16-24(30(36)33(29)19-7-13-21-9-3-1-4-10-21)28-26-18-17-25(27(23)28)31(37)34(32(26)38)20-8-14-22-11-5-2-6-12-22/h1-6,9-12,15-18H,7-8,13-14,19-20H2. The van der Waals surface area contributed by atoms with Gasteiger partial charge in [-0.05, 0) is 61.1 Å². The van der Waals surface area contributed by atoms with Crippen LogP contribution in [0.3, 0.4) is 0 Å². The number of aryl methyl sites for hydroxylation is 2. The van der Waals surface area contributed by atoms with Gasteiger partial charge in [0, 0.05) is 45.4 Å². The van der Waals surface area contributed by atoms with Crippen molar-refractivity contribution < 1.29 is 0 Å². The van der Waals surface area contributed by atoms with Gasteiger partial charge in [0.1, 0.15) is 0 Å². The van der Waals surface area contributed by atoms with Crippen LogP contribution >= 0.6 is 0 Å². The Morgan fingerprint density at radius 1 is 0.421 bits per heavy atom. The molecule has 8 aromatic rings. The number of nitrogens with zero attached hydrogens (tertiary/aromatic N) is 2. The van der Waals surface area contributed by atoms with Gasteiger partial charge in [0.05, 0.1) is 0 Å². The molecule has 0 unspecified atom stereocenters. The van der Waals surface area contributed by atoms with Crippen molar-refractivity contribution in [2.45, 2.75) is 38.8 Å². The molecule has 6 heteroatoms. The molecule has 0 saturated carbocycles. The number of aromatic nitrogens is 2. The minimum absolute atomic E-state index is 0.257. The molecule has 8 rings (SSSR count). The second-order valence-corrected chi connectivity index (χ2v) is 9.77. The number of rotatable bonds is 8. The normalized spacial score (nSPS) is 11.7. The third kappa shape index (κ3) is 3.98. The van der Waals surface area contributed by atoms with Crippen LogP contribution in [0.5, 0.6) is 0 Å². The van der Waals surface area contributed by atoms with Gasteiger partial charge in [-0.3, -0.25) is 28.3 Å². The first kappa shape index (κ1) is 23.8. The van der Waals surface area contributed by atoms with Crippen LogP contribution in [0, 0.1) is 0 Å². The molecule has 0 aliphatic carbocycles. The first-order valence-electron chi connectivity index (χ1n) is 12.9. The number of hydrogen-bond acceptors (Lipinski definition) is 4. The van der Waals surface area contributed by atoms with Gasteiger partial charge in [-0.25, -0.2) is 0 Å². The Labute approximate surface area is 217 Å². The predicted molar refractivity (Wildman–Crippen MR) is 152 cm³/mol. The van der Waals surface area contributed by atoms with Crippen molar-refractivity contribution in [1.82, 2.24) is 9.13 Å². The van der Waals surface area contributed by atoms with E-state index in [0.29, 0.717) is 45.2 Å². The third-order valence-electron chi connectivity index (χ3n) is 7.44. The molecular weight excluding hydrogens is 476 g/mol. The van der Waals surface area contributed by atoms with E-state index < -0.39 is 22.2 Å². The van der Waals surface area contributed by atoms with Crippen LogP contribution in [0.2, 0.25) is 0 Å². The maximum atomic E-state index is 13.6. The van der Waals surface area contributed by atoms with Gasteiger partial charge in [0.15, 0.2) is 0 Å². The van der Waals surface area contributed by atoms with Gasteiger partial charge in [-0.2, -0.15) is 0 Å². The molecule has 0 saturated heterocycles. The van der Waals surface area contributed by atoms with E-state index in [1.807, 2.05) is 60.7 Å². The van der Waals surface area contributed by atoms with Crippen molar-refractivity contribution in [1.29, 1.82) is 0 Å². The minimum atomic E-state index is -0.427. The molecule has 0 aliphatic rings. The van der Waals surface area contributed by atoms with Crippen LogP contribution in [-0.4, -0.2) is 9.13 Å². The summed E-state index contributed by atoms with van der Waals surface area (Å²) in [4.78, 5) is 54.4. The number of benzene rings is 4. The van der Waals surface area contributed by atoms with Gasteiger partial charge in [-0.15, -0.1) is 0 Å². The Bertz CT molecular complexity index is 1750. The Kier molecular flexibility index (Phi) is 6.08. The van der Waals surface area contributed by atoms with Crippen molar-refractivity contribution in [3.63, 3.8) is 0 Å². The molecule has 38 heavy (non-hydrogen) atoms. The zero-order valence-electron chi connectivity index (χ0n) is 20.9. The lowest BCUT2D eigenvalue weighted by atomic mass is 10.00. The van der Waals surface area contributed by atoms with E-state index in [9.17, 15) is 19.2 Å². The van der Waals surface area contributed by atoms with E-state index in [-0.39, 0.29) is 13.1 Å². The van der Waals surface area contributed by atoms with Crippen LogP contribution in [0.4, 0.5) is 0 Å². The maximum Gasteiger partial charge on any atom is 0.261 e. The Balaban J connectivity index is 1.47. The predicted octanol–water partition coefficient (Wildman–Crippen LogP) is 4.33. The molecule has 4 bridgehead atoms. The number of hydrogen-bond donors (Lipinski definition) is 0. The lowest BCUT2D eigenvalue weighted by molar-refractivity contribution is 0.614. The van der Waals surface area contributed by atoms with E-state index in [1.165, 1.54) is 9.13 Å². The van der Waals surface area contributed by atoms with Crippen LogP contribution in [0.1, 0.15) is 24.0 Å². The highest BCUT2D eigenvalue weighted by molar-refractivity contribution is 6.22. The quantitative estimate of drug-likeness (QED) is 0.310. The molecule has 4 aromatic heterocycles. The highest BCUT2D eigenvalue weighted by atomic mass is 16.2. The monoisotopic (exact) mass is 502 g/mol. The van der Waals surface area contributed by atoms with Gasteiger partial charge < -0.3 is 0 Å². The lowest BCUT2D eigenvalue weighted by Gasteiger charge is -2.03. The molecule has 0 atom stereocenters. The minimum Gasteiger partial charge on any atom is -0.274 e. The van der Waals surface area contributed by atoms with E-state index in [2.05, 4.69) is 0 Å². The molecule has 0 amide bonds. The van der Waals surface area contributed by atoms with Crippen LogP contribution in [-0.2, 0) is 25.9 Å². The average Bonchev–Trinajstić information content (AvgIpc) is 3.22. The Morgan fingerprint density at radius 2 is 0.737 bits per heavy atom. The molecule has 0 aliphatic heterocycles. The van der Waals surface area contributed by atoms with Crippen molar-refractivity contribution in [3.8, 4) is 0 Å². The summed E-state index contributed by atoms with van der Waals surface area (Å²) in [6, 6.07) is 26.3. The third-order valence-corrected chi connectivity index (χ3v) is 7.44. The topological polar surface area (TPSA) is 78.1 Å². The fraction of sp³-hybridized carbons (Fsp3) is 0.188. The first-order valence-corrected chi connectivity index (χ1v) is 12.9. The molecule has 4 aromatic carbocycles. The Morgan fingerprint density at radius 3 is 1.05 bits per heavy atom. The van der Waals surface area contributed by atoms with Gasteiger partial charge in [-0.1, -0.05) is 60.7 Å². The lowest BCUT2D eigenvalue weighted by Crippen LogP contribution is -2.30. The summed E-state index contributed by atoms with van der Waals surface area (Å²) in [5.41, 5.74) is 0.561. The van der Waals surface area contributed by atoms with E-state index in [0.717, 1.165) is 24.0 Å². The highest BCUT2D eigenvalue weighted by Crippen LogP contribution is 2.28. The summed E-state index contributed by atoms with van der Waals surface area (Å²) in [6.45, 7) is 0.515. The summed E-state index contributed by atoms with van der Waals surface area (Å²) in [5, 5.41) is 1.98. The summed E-state index contributed by atoms with van der Waals surface area (Å²) in [6.07, 6.45) is 2.69. The molecule has 6 nitrogen and oxygen atoms in total. The second kappa shape index (κ2) is 9.71. The van der Waals surface area contributed by atoms with E-state index in [1.54, 1.807) is 24.3 Å². The zero-order valence-corrected chi connectivity index (χ0v) is 20.9. The zero-order chi connectivity index (χ0) is 26.2. The second-order valence-electron chi connectivity index (χ2n) is 9.77. The van der Waals surface area contributed by atoms with E-state index in [4.69, 9.17) is 0 Å². The van der Waals surface area contributed by atoms with Crippen molar-refractivity contribution in [2.24, 2.45) is 0 Å². The van der Waals surface area contributed by atoms with Crippen molar-refractivity contribution >= 4 is 32.3 Å². The fourth-order valence-electron chi connectivity index (χ4n) is 5.55. The highest BCUT2D eigenvalue weighted by Gasteiger charge is 2.20. The van der Waals surface area contributed by atoms with Crippen molar-refractivity contribution in [3.05, 3.63) is 137 Å². The van der Waals surface area contributed by atoms with Crippen LogP contribution in [0.15, 0.2) is 104 Å². The average molecular weight is 503 g/mol. The maximum absolute atomic E-state index is 13.6. The summed E-state index contributed by atoms with van der Waals surface area (Å²) < 4.78 is 2.52. The molecule has 4 heterocycles. The first-order chi connectivity index (χ1) is 18.5. The fourth-order valence-corrected chi connectivity index (χ4v) is 5.55. The molecule has 188 valence electrons. The molecular formula is C32H26N2O4. The van der Waals surface area contributed by atoms with Gasteiger partial charge >= 0.3 is 0 Å². The smallest absolute Gasteiger partial charge is 0.261 e. The van der Waals surface area contributed by atoms with Crippen LogP contribution < -0.4 is 22.2 Å². The summed E-state index contributed by atoms with van der Waals surface area (Å²) in [7, 11) is 0. The summed E-state index contributed by atoms with van der Waals surface area (Å²) in [5.74, 6) is 0. The SMILES string of the molecule is O=c1c2ccc(c(=O)n1CCCc1ccccc1)c1c3ccc(c(=O)n(CCCc4ccccc4)c3=O)c21. The molecule has 0 spiro atoms.